The summed E-state index contributed by atoms with van der Waals surface area (Å²) in [5, 5.41) is 17.1. The zero-order valence-electron chi connectivity index (χ0n) is 16.3. The summed E-state index contributed by atoms with van der Waals surface area (Å²) in [4.78, 5) is 28.0. The maximum Gasteiger partial charge on any atom is 0.335 e. The lowest BCUT2D eigenvalue weighted by atomic mass is 10.1. The van der Waals surface area contributed by atoms with Crippen molar-refractivity contribution < 1.29 is 23.5 Å². The summed E-state index contributed by atoms with van der Waals surface area (Å²) in [6.45, 7) is 0. The number of hydrogen-bond acceptors (Lipinski definition) is 5. The number of anilines is 3. The van der Waals surface area contributed by atoms with Gasteiger partial charge in [0.25, 0.3) is 5.91 Å². The van der Waals surface area contributed by atoms with Crippen LogP contribution in [0, 0.1) is 11.6 Å². The number of hydrogen-bond donors (Lipinski definition) is 3. The molecule has 3 N–H and O–H groups in total. The maximum absolute atomic E-state index is 13.8. The molecule has 0 atom stereocenters. The molecule has 0 bridgehead atoms. The van der Waals surface area contributed by atoms with Crippen LogP contribution < -0.4 is 10.6 Å². The van der Waals surface area contributed by atoms with Gasteiger partial charge in [-0.25, -0.2) is 18.6 Å². The summed E-state index contributed by atoms with van der Waals surface area (Å²) in [7, 11) is 0. The fourth-order valence-electron chi connectivity index (χ4n) is 2.95. The first-order valence-electron chi connectivity index (χ1n) is 9.32. The molecule has 9 heteroatoms. The van der Waals surface area contributed by atoms with Gasteiger partial charge in [0.1, 0.15) is 11.6 Å². The van der Waals surface area contributed by atoms with Crippen LogP contribution in [0.4, 0.5) is 25.3 Å². The Kier molecular flexibility index (Phi) is 5.91. The maximum atomic E-state index is 13.8. The van der Waals surface area contributed by atoms with Gasteiger partial charge < -0.3 is 15.7 Å². The molecule has 0 radical (unpaired) electrons. The monoisotopic (exact) mass is 451 g/mol. The summed E-state index contributed by atoms with van der Waals surface area (Å²) in [5.74, 6) is -3.42. The van der Waals surface area contributed by atoms with E-state index in [0.29, 0.717) is 33.8 Å². The van der Waals surface area contributed by atoms with E-state index in [1.807, 2.05) is 5.38 Å². The number of amides is 1. The molecular formula is C23H15F2N3O3S. The van der Waals surface area contributed by atoms with Gasteiger partial charge in [-0.3, -0.25) is 4.79 Å². The molecule has 0 saturated carbocycles. The van der Waals surface area contributed by atoms with Gasteiger partial charge in [0.15, 0.2) is 5.13 Å². The van der Waals surface area contributed by atoms with E-state index in [-0.39, 0.29) is 11.1 Å². The number of aromatic carboxylic acids is 1. The first kappa shape index (κ1) is 21.1. The molecule has 0 aliphatic carbocycles. The Morgan fingerprint density at radius 3 is 2.50 bits per heavy atom. The lowest BCUT2D eigenvalue weighted by molar-refractivity contribution is 0.0696. The average Bonchev–Trinajstić information content (AvgIpc) is 3.22. The van der Waals surface area contributed by atoms with Crippen molar-refractivity contribution in [1.82, 2.24) is 4.98 Å². The highest BCUT2D eigenvalue weighted by molar-refractivity contribution is 7.14. The fourth-order valence-corrected chi connectivity index (χ4v) is 3.69. The Hall–Kier alpha value is -4.11. The van der Waals surface area contributed by atoms with Gasteiger partial charge in [-0.15, -0.1) is 11.3 Å². The van der Waals surface area contributed by atoms with Crippen molar-refractivity contribution in [2.24, 2.45) is 0 Å². The molecule has 0 aliphatic rings. The minimum atomic E-state index is -1.02. The lowest BCUT2D eigenvalue weighted by Gasteiger charge is -2.07. The minimum absolute atomic E-state index is 0.160. The predicted octanol–water partition coefficient (Wildman–Crippen LogP) is 5.78. The smallest absolute Gasteiger partial charge is 0.335 e. The van der Waals surface area contributed by atoms with E-state index in [0.717, 1.165) is 12.1 Å². The zero-order valence-corrected chi connectivity index (χ0v) is 17.1. The summed E-state index contributed by atoms with van der Waals surface area (Å²) in [6.07, 6.45) is 0. The molecule has 1 heterocycles. The molecular weight excluding hydrogens is 436 g/mol. The number of halogens is 2. The Labute approximate surface area is 185 Å². The molecule has 1 amide bonds. The fraction of sp³-hybridized carbons (Fsp3) is 0. The van der Waals surface area contributed by atoms with Crippen LogP contribution in [-0.4, -0.2) is 22.0 Å². The first-order valence-corrected chi connectivity index (χ1v) is 10.2. The molecule has 1 aromatic heterocycles. The van der Waals surface area contributed by atoms with Crippen LogP contribution in [0.3, 0.4) is 0 Å². The number of rotatable bonds is 6. The van der Waals surface area contributed by atoms with Crippen molar-refractivity contribution in [2.75, 3.05) is 10.6 Å². The first-order chi connectivity index (χ1) is 15.4. The molecule has 160 valence electrons. The van der Waals surface area contributed by atoms with Crippen LogP contribution in [-0.2, 0) is 0 Å². The van der Waals surface area contributed by atoms with E-state index in [4.69, 9.17) is 5.11 Å². The van der Waals surface area contributed by atoms with E-state index < -0.39 is 23.5 Å². The molecule has 0 aliphatic heterocycles. The number of carboxylic acids is 1. The highest BCUT2D eigenvalue weighted by atomic mass is 32.1. The highest BCUT2D eigenvalue weighted by Gasteiger charge is 2.14. The Bertz CT molecular complexity index is 1320. The minimum Gasteiger partial charge on any atom is -0.478 e. The van der Waals surface area contributed by atoms with Crippen molar-refractivity contribution in [3.8, 4) is 11.3 Å². The molecule has 0 spiro atoms. The summed E-state index contributed by atoms with van der Waals surface area (Å²) >= 11 is 1.33. The summed E-state index contributed by atoms with van der Waals surface area (Å²) in [6, 6.07) is 16.0. The third kappa shape index (κ3) is 4.79. The number of carboxylic acid groups (broad SMARTS) is 1. The molecule has 0 saturated heterocycles. The van der Waals surface area contributed by atoms with E-state index in [9.17, 15) is 18.4 Å². The topological polar surface area (TPSA) is 91.3 Å². The predicted molar refractivity (Wildman–Crippen MR) is 119 cm³/mol. The Morgan fingerprint density at radius 2 is 1.72 bits per heavy atom. The number of carbonyl (C=O) groups excluding carboxylic acids is 1. The lowest BCUT2D eigenvalue weighted by Crippen LogP contribution is -2.13. The number of nitrogens with zero attached hydrogens (tertiary/aromatic N) is 1. The summed E-state index contributed by atoms with van der Waals surface area (Å²) < 4.78 is 26.9. The van der Waals surface area contributed by atoms with E-state index >= 15 is 0 Å². The van der Waals surface area contributed by atoms with Gasteiger partial charge in [-0.05, 0) is 42.5 Å². The van der Waals surface area contributed by atoms with Gasteiger partial charge in [0, 0.05) is 28.4 Å². The second-order valence-corrected chi connectivity index (χ2v) is 7.57. The van der Waals surface area contributed by atoms with Crippen LogP contribution in [0.25, 0.3) is 11.3 Å². The quantitative estimate of drug-likeness (QED) is 0.346. The van der Waals surface area contributed by atoms with Crippen LogP contribution >= 0.6 is 11.3 Å². The molecule has 6 nitrogen and oxygen atoms in total. The van der Waals surface area contributed by atoms with Crippen molar-refractivity contribution in [2.45, 2.75) is 0 Å². The Morgan fingerprint density at radius 1 is 0.938 bits per heavy atom. The second-order valence-electron chi connectivity index (χ2n) is 6.71. The average molecular weight is 451 g/mol. The van der Waals surface area contributed by atoms with E-state index in [2.05, 4.69) is 15.6 Å². The molecule has 32 heavy (non-hydrogen) atoms. The third-order valence-corrected chi connectivity index (χ3v) is 5.21. The largest absolute Gasteiger partial charge is 0.478 e. The van der Waals surface area contributed by atoms with Crippen molar-refractivity contribution >= 4 is 39.7 Å². The van der Waals surface area contributed by atoms with Gasteiger partial charge in [-0.2, -0.15) is 0 Å². The molecule has 0 unspecified atom stereocenters. The van der Waals surface area contributed by atoms with Crippen LogP contribution in [0.5, 0.6) is 0 Å². The van der Waals surface area contributed by atoms with Crippen molar-refractivity contribution in [3.63, 3.8) is 0 Å². The van der Waals surface area contributed by atoms with Crippen LogP contribution in [0.1, 0.15) is 20.7 Å². The Balaban J connectivity index is 1.50. The number of carbonyl (C=O) groups is 2. The van der Waals surface area contributed by atoms with Crippen molar-refractivity contribution in [3.05, 3.63) is 94.9 Å². The number of aromatic nitrogens is 1. The molecule has 4 aromatic rings. The number of benzene rings is 3. The normalized spacial score (nSPS) is 10.6. The van der Waals surface area contributed by atoms with Gasteiger partial charge in [0.05, 0.1) is 16.8 Å². The van der Waals surface area contributed by atoms with Crippen molar-refractivity contribution in [1.29, 1.82) is 0 Å². The van der Waals surface area contributed by atoms with Crippen LogP contribution in [0.2, 0.25) is 0 Å². The van der Waals surface area contributed by atoms with Gasteiger partial charge in [0.2, 0.25) is 0 Å². The highest BCUT2D eigenvalue weighted by Crippen LogP contribution is 2.29. The standard InChI is InChI=1S/C23H15F2N3O3S/c24-15-7-8-18(19(25)11-15)21(29)26-16-5-1-3-13(9-16)20-12-32-23(28-20)27-17-6-2-4-14(10-17)22(30)31/h1-12H,(H,26,29)(H,27,28)(H,30,31). The summed E-state index contributed by atoms with van der Waals surface area (Å²) in [5.41, 5.74) is 2.26. The number of nitrogens with one attached hydrogen (secondary N) is 2. The second kappa shape index (κ2) is 8.94. The molecule has 0 fully saturated rings. The van der Waals surface area contributed by atoms with Gasteiger partial charge >= 0.3 is 5.97 Å². The zero-order chi connectivity index (χ0) is 22.7. The third-order valence-electron chi connectivity index (χ3n) is 4.46. The van der Waals surface area contributed by atoms with E-state index in [1.165, 1.54) is 23.5 Å². The SMILES string of the molecule is O=C(O)c1cccc(Nc2nc(-c3cccc(NC(=O)c4ccc(F)cc4F)c3)cs2)c1. The molecule has 3 aromatic carbocycles. The molecule has 4 rings (SSSR count). The van der Waals surface area contributed by atoms with Gasteiger partial charge in [-0.1, -0.05) is 18.2 Å². The number of thiazole rings is 1. The van der Waals surface area contributed by atoms with E-state index in [1.54, 1.807) is 36.4 Å². The van der Waals surface area contributed by atoms with Crippen LogP contribution in [0.15, 0.2) is 72.1 Å².